The average Bonchev–Trinajstić information content (AvgIpc) is 3.03. The number of aryl methyl sites for hydroxylation is 2. The van der Waals surface area contributed by atoms with Gasteiger partial charge in [-0.05, 0) is 62.7 Å². The Kier molecular flexibility index (Phi) is 6.09. The van der Waals surface area contributed by atoms with E-state index in [1.807, 2.05) is 13.8 Å². The molecule has 7 nitrogen and oxygen atoms in total. The third-order valence-electron chi connectivity index (χ3n) is 4.62. The Morgan fingerprint density at radius 3 is 2.52 bits per heavy atom. The molecule has 3 N–H and O–H groups in total. The summed E-state index contributed by atoms with van der Waals surface area (Å²) < 4.78 is 10.9. The Balaban J connectivity index is 1.63. The van der Waals surface area contributed by atoms with Crippen molar-refractivity contribution in [3.05, 3.63) is 76.7 Å². The van der Waals surface area contributed by atoms with Crippen molar-refractivity contribution in [1.82, 2.24) is 5.16 Å². The first kappa shape index (κ1) is 20.3. The third kappa shape index (κ3) is 4.89. The molecule has 0 saturated carbocycles. The molecule has 3 aromatic rings. The third-order valence-corrected chi connectivity index (χ3v) is 4.62. The number of carbonyl (C=O) groups excluding carboxylic acids is 2. The van der Waals surface area contributed by atoms with Crippen LogP contribution in [-0.2, 0) is 11.4 Å². The molecule has 29 heavy (non-hydrogen) atoms. The van der Waals surface area contributed by atoms with E-state index < -0.39 is 6.04 Å². The van der Waals surface area contributed by atoms with Gasteiger partial charge in [-0.3, -0.25) is 9.59 Å². The van der Waals surface area contributed by atoms with Crippen molar-refractivity contribution in [2.24, 2.45) is 5.73 Å². The van der Waals surface area contributed by atoms with Gasteiger partial charge in [0.2, 0.25) is 0 Å². The second-order valence-electron chi connectivity index (χ2n) is 6.78. The van der Waals surface area contributed by atoms with Gasteiger partial charge < -0.3 is 20.3 Å². The molecule has 0 aliphatic carbocycles. The molecule has 2 aromatic carbocycles. The van der Waals surface area contributed by atoms with E-state index in [4.69, 9.17) is 15.0 Å². The topological polar surface area (TPSA) is 107 Å². The lowest BCUT2D eigenvalue weighted by atomic mass is 10.0. The lowest BCUT2D eigenvalue weighted by molar-refractivity contribution is -0.118. The predicted molar refractivity (Wildman–Crippen MR) is 109 cm³/mol. The molecule has 1 atom stereocenters. The van der Waals surface area contributed by atoms with Crippen LogP contribution in [0.3, 0.4) is 0 Å². The largest absolute Gasteiger partial charge is 0.489 e. The molecule has 0 spiro atoms. The molecule has 0 saturated heterocycles. The van der Waals surface area contributed by atoms with Crippen molar-refractivity contribution in [3.8, 4) is 5.75 Å². The number of hydrogen-bond donors (Lipinski definition) is 2. The number of rotatable bonds is 7. The first-order valence-electron chi connectivity index (χ1n) is 9.17. The molecular formula is C22H23N3O4. The molecule has 1 unspecified atom stereocenters. The van der Waals surface area contributed by atoms with Crippen LogP contribution in [0, 0.1) is 13.8 Å². The Labute approximate surface area is 168 Å². The smallest absolute Gasteiger partial charge is 0.255 e. The van der Waals surface area contributed by atoms with Crippen LogP contribution < -0.4 is 15.8 Å². The van der Waals surface area contributed by atoms with Crippen LogP contribution in [0.5, 0.6) is 5.75 Å². The van der Waals surface area contributed by atoms with Gasteiger partial charge in [-0.1, -0.05) is 17.3 Å². The highest BCUT2D eigenvalue weighted by Gasteiger charge is 2.13. The van der Waals surface area contributed by atoms with E-state index in [1.54, 1.807) is 48.5 Å². The van der Waals surface area contributed by atoms with Gasteiger partial charge in [-0.15, -0.1) is 0 Å². The van der Waals surface area contributed by atoms with Crippen LogP contribution in [-0.4, -0.2) is 16.8 Å². The maximum atomic E-state index is 12.5. The van der Waals surface area contributed by atoms with E-state index in [2.05, 4.69) is 10.5 Å². The van der Waals surface area contributed by atoms with Gasteiger partial charge in [0.05, 0.1) is 17.3 Å². The fourth-order valence-electron chi connectivity index (χ4n) is 2.81. The van der Waals surface area contributed by atoms with Gasteiger partial charge >= 0.3 is 0 Å². The van der Waals surface area contributed by atoms with Gasteiger partial charge in [0.25, 0.3) is 5.91 Å². The molecule has 0 aliphatic rings. The normalized spacial score (nSPS) is 11.7. The Morgan fingerprint density at radius 2 is 1.90 bits per heavy atom. The summed E-state index contributed by atoms with van der Waals surface area (Å²) in [7, 11) is 0. The molecule has 1 aromatic heterocycles. The highest BCUT2D eigenvalue weighted by molar-refractivity contribution is 6.04. The lowest BCUT2D eigenvalue weighted by Crippen LogP contribution is -2.19. The number of ether oxygens (including phenoxy) is 1. The van der Waals surface area contributed by atoms with Gasteiger partial charge in [-0.25, -0.2) is 0 Å². The Morgan fingerprint density at radius 1 is 1.17 bits per heavy atom. The van der Waals surface area contributed by atoms with E-state index in [-0.39, 0.29) is 11.7 Å². The van der Waals surface area contributed by atoms with Crippen LogP contribution >= 0.6 is 0 Å². The van der Waals surface area contributed by atoms with Crippen molar-refractivity contribution < 1.29 is 18.8 Å². The number of benzene rings is 2. The van der Waals surface area contributed by atoms with Crippen LogP contribution in [0.1, 0.15) is 45.9 Å². The first-order valence-corrected chi connectivity index (χ1v) is 9.17. The zero-order chi connectivity index (χ0) is 21.0. The van der Waals surface area contributed by atoms with Crippen molar-refractivity contribution in [2.45, 2.75) is 33.4 Å². The molecule has 0 radical (unpaired) electrons. The summed E-state index contributed by atoms with van der Waals surface area (Å²) in [6, 6.07) is 13.1. The van der Waals surface area contributed by atoms with Crippen LogP contribution in [0.25, 0.3) is 0 Å². The number of nitrogens with one attached hydrogen (secondary N) is 1. The molecule has 0 fully saturated rings. The number of hydrogen-bond acceptors (Lipinski definition) is 6. The Bertz CT molecular complexity index is 1010. The molecule has 0 bridgehead atoms. The van der Waals surface area contributed by atoms with Crippen molar-refractivity contribution in [2.75, 3.05) is 5.32 Å². The fraction of sp³-hybridized carbons (Fsp3) is 0.227. The number of amides is 1. The molecule has 1 amide bonds. The number of nitrogens with zero attached hydrogens (tertiary/aromatic N) is 1. The van der Waals surface area contributed by atoms with Crippen LogP contribution in [0.4, 0.5) is 5.69 Å². The number of carbonyl (C=O) groups is 2. The van der Waals surface area contributed by atoms with Crippen molar-refractivity contribution in [3.63, 3.8) is 0 Å². The summed E-state index contributed by atoms with van der Waals surface area (Å²) in [6.07, 6.45) is 0. The second-order valence-corrected chi connectivity index (χ2v) is 6.78. The van der Waals surface area contributed by atoms with Crippen molar-refractivity contribution in [1.29, 1.82) is 0 Å². The first-order chi connectivity index (χ1) is 13.8. The number of Topliss-reactive ketones (excluding diaryl/α,β-unsaturated/α-hetero) is 1. The maximum Gasteiger partial charge on any atom is 0.255 e. The molecular weight excluding hydrogens is 370 g/mol. The number of ketones is 1. The van der Waals surface area contributed by atoms with Crippen LogP contribution in [0.2, 0.25) is 0 Å². The number of aromatic nitrogens is 1. The highest BCUT2D eigenvalue weighted by Crippen LogP contribution is 2.20. The fourth-order valence-corrected chi connectivity index (χ4v) is 2.81. The number of anilines is 1. The monoisotopic (exact) mass is 393 g/mol. The van der Waals surface area contributed by atoms with Gasteiger partial charge in [0, 0.05) is 11.3 Å². The summed E-state index contributed by atoms with van der Waals surface area (Å²) in [6.45, 7) is 5.48. The minimum Gasteiger partial charge on any atom is -0.489 e. The van der Waals surface area contributed by atoms with E-state index in [0.717, 1.165) is 17.0 Å². The van der Waals surface area contributed by atoms with Gasteiger partial charge in [0.1, 0.15) is 18.1 Å². The highest BCUT2D eigenvalue weighted by atomic mass is 16.5. The Hall–Kier alpha value is -3.45. The second kappa shape index (κ2) is 8.70. The maximum absolute atomic E-state index is 12.5. The SMILES string of the molecule is CC(=O)C(N)c1cccc(NC(=O)c2ccc(OCc3c(C)noc3C)cc2)c1. The van der Waals surface area contributed by atoms with Crippen molar-refractivity contribution >= 4 is 17.4 Å². The summed E-state index contributed by atoms with van der Waals surface area (Å²) in [5.41, 5.74) is 9.28. The molecule has 3 rings (SSSR count). The standard InChI is InChI=1S/C22H23N3O4/c1-13-20(15(3)29-25-13)12-28-19-9-7-16(8-10-19)22(27)24-18-6-4-5-17(11-18)21(23)14(2)26/h4-11,21H,12,23H2,1-3H3,(H,24,27). The van der Waals surface area contributed by atoms with Gasteiger partial charge in [0.15, 0.2) is 5.78 Å². The van der Waals surface area contributed by atoms with E-state index in [0.29, 0.717) is 29.2 Å². The summed E-state index contributed by atoms with van der Waals surface area (Å²) in [5.74, 6) is 0.956. The summed E-state index contributed by atoms with van der Waals surface area (Å²) in [4.78, 5) is 24.0. The minimum atomic E-state index is -0.707. The molecule has 150 valence electrons. The quantitative estimate of drug-likeness (QED) is 0.634. The van der Waals surface area contributed by atoms with Gasteiger partial charge in [-0.2, -0.15) is 0 Å². The summed E-state index contributed by atoms with van der Waals surface area (Å²) >= 11 is 0. The zero-order valence-corrected chi connectivity index (χ0v) is 16.6. The molecule has 0 aliphatic heterocycles. The summed E-state index contributed by atoms with van der Waals surface area (Å²) in [5, 5.41) is 6.71. The van der Waals surface area contributed by atoms with E-state index in [1.165, 1.54) is 6.92 Å². The van der Waals surface area contributed by atoms with E-state index >= 15 is 0 Å². The molecule has 1 heterocycles. The van der Waals surface area contributed by atoms with E-state index in [9.17, 15) is 9.59 Å². The minimum absolute atomic E-state index is 0.138. The average molecular weight is 393 g/mol. The van der Waals surface area contributed by atoms with Crippen LogP contribution in [0.15, 0.2) is 53.1 Å². The zero-order valence-electron chi connectivity index (χ0n) is 16.6. The number of nitrogens with two attached hydrogens (primary N) is 1. The molecule has 7 heteroatoms. The lowest BCUT2D eigenvalue weighted by Gasteiger charge is -2.11. The predicted octanol–water partition coefficient (Wildman–Crippen LogP) is 3.71.